The van der Waals surface area contributed by atoms with Crippen molar-refractivity contribution in [3.05, 3.63) is 94.0 Å². The minimum atomic E-state index is -0.167. The van der Waals surface area contributed by atoms with Gasteiger partial charge in [-0.1, -0.05) is 47.5 Å². The Hall–Kier alpha value is -2.89. The van der Waals surface area contributed by atoms with Gasteiger partial charge >= 0.3 is 0 Å². The molecule has 7 heteroatoms. The molecule has 0 atom stereocenters. The summed E-state index contributed by atoms with van der Waals surface area (Å²) in [6.45, 7) is 1.19. The molecule has 0 saturated carbocycles. The molecule has 0 radical (unpaired) electrons. The fourth-order valence-corrected chi connectivity index (χ4v) is 3.67. The molecule has 0 aliphatic carbocycles. The molecule has 0 aliphatic heterocycles. The van der Waals surface area contributed by atoms with E-state index in [2.05, 4.69) is 20.9 Å². The first-order chi connectivity index (χ1) is 14.6. The van der Waals surface area contributed by atoms with Gasteiger partial charge in [-0.15, -0.1) is 0 Å². The van der Waals surface area contributed by atoms with Crippen LogP contribution in [0.1, 0.15) is 28.3 Å². The van der Waals surface area contributed by atoms with Crippen molar-refractivity contribution in [2.45, 2.75) is 19.4 Å². The van der Waals surface area contributed by atoms with Crippen LogP contribution in [0.25, 0.3) is 11.0 Å². The number of benzene rings is 2. The topological polar surface area (TPSA) is 59.8 Å². The molecule has 0 fully saturated rings. The summed E-state index contributed by atoms with van der Waals surface area (Å²) in [4.78, 5) is 21.0. The normalized spacial score (nSPS) is 11.0. The van der Waals surface area contributed by atoms with Gasteiger partial charge < -0.3 is 9.88 Å². The second-order valence-corrected chi connectivity index (χ2v) is 7.74. The van der Waals surface area contributed by atoms with Crippen LogP contribution < -0.4 is 5.32 Å². The summed E-state index contributed by atoms with van der Waals surface area (Å²) >= 11 is 12.2. The predicted octanol–water partition coefficient (Wildman–Crippen LogP) is 5.15. The maximum absolute atomic E-state index is 12.1. The molecule has 1 N–H and O–H groups in total. The number of nitrogens with zero attached hydrogens (tertiary/aromatic N) is 3. The van der Waals surface area contributed by atoms with Gasteiger partial charge in [-0.3, -0.25) is 9.78 Å². The Morgan fingerprint density at radius 2 is 1.83 bits per heavy atom. The smallest absolute Gasteiger partial charge is 0.269 e. The lowest BCUT2D eigenvalue weighted by atomic mass is 10.2. The zero-order valence-corrected chi connectivity index (χ0v) is 17.7. The minimum absolute atomic E-state index is 0.167. The van der Waals surface area contributed by atoms with Crippen molar-refractivity contribution >= 4 is 40.1 Å². The van der Waals surface area contributed by atoms with Crippen molar-refractivity contribution in [1.29, 1.82) is 0 Å². The third-order valence-electron chi connectivity index (χ3n) is 4.82. The lowest BCUT2D eigenvalue weighted by Gasteiger charge is -2.11. The van der Waals surface area contributed by atoms with Gasteiger partial charge in [-0.25, -0.2) is 4.98 Å². The van der Waals surface area contributed by atoms with Crippen molar-refractivity contribution in [3.63, 3.8) is 0 Å². The number of halogens is 2. The number of hydrogen-bond acceptors (Lipinski definition) is 3. The highest BCUT2D eigenvalue weighted by Crippen LogP contribution is 2.25. The molecule has 1 amide bonds. The number of amides is 1. The van der Waals surface area contributed by atoms with Gasteiger partial charge in [0.2, 0.25) is 0 Å². The van der Waals surface area contributed by atoms with Crippen LogP contribution in [0.4, 0.5) is 0 Å². The number of aryl methyl sites for hydroxylation is 1. The lowest BCUT2D eigenvalue weighted by Crippen LogP contribution is -2.25. The van der Waals surface area contributed by atoms with Crippen LogP contribution in [0.3, 0.4) is 0 Å². The first-order valence-electron chi connectivity index (χ1n) is 9.69. The van der Waals surface area contributed by atoms with Gasteiger partial charge in [-0.2, -0.15) is 0 Å². The van der Waals surface area contributed by atoms with Gasteiger partial charge in [0, 0.05) is 25.7 Å². The highest BCUT2D eigenvalue weighted by Gasteiger charge is 2.12. The first kappa shape index (κ1) is 20.4. The second kappa shape index (κ2) is 9.28. The van der Waals surface area contributed by atoms with E-state index in [1.165, 1.54) is 0 Å². The lowest BCUT2D eigenvalue weighted by molar-refractivity contribution is 0.0948. The maximum Gasteiger partial charge on any atom is 0.269 e. The van der Waals surface area contributed by atoms with Crippen LogP contribution in [0.15, 0.2) is 66.9 Å². The number of rotatable bonds is 7. The number of imidazole rings is 1. The van der Waals surface area contributed by atoms with Crippen molar-refractivity contribution in [1.82, 2.24) is 19.9 Å². The third kappa shape index (κ3) is 4.64. The van der Waals surface area contributed by atoms with Crippen LogP contribution in [0.5, 0.6) is 0 Å². The molecular weight excluding hydrogens is 419 g/mol. The number of pyridine rings is 1. The van der Waals surface area contributed by atoms with Gasteiger partial charge in [0.25, 0.3) is 5.91 Å². The maximum atomic E-state index is 12.1. The van der Waals surface area contributed by atoms with Crippen LogP contribution in [-0.4, -0.2) is 27.0 Å². The predicted molar refractivity (Wildman–Crippen MR) is 120 cm³/mol. The van der Waals surface area contributed by atoms with Gasteiger partial charge in [0.1, 0.15) is 11.5 Å². The van der Waals surface area contributed by atoms with Crippen molar-refractivity contribution < 1.29 is 4.79 Å². The highest BCUT2D eigenvalue weighted by atomic mass is 35.5. The molecule has 0 saturated heterocycles. The molecule has 2 aromatic heterocycles. The summed E-state index contributed by atoms with van der Waals surface area (Å²) in [6, 6.07) is 19.0. The molecule has 4 rings (SSSR count). The van der Waals surface area contributed by atoms with Crippen LogP contribution in [-0.2, 0) is 13.0 Å². The first-order valence-corrected chi connectivity index (χ1v) is 10.4. The Labute approximate surface area is 184 Å². The van der Waals surface area contributed by atoms with Crippen molar-refractivity contribution in [3.8, 4) is 0 Å². The Balaban J connectivity index is 1.47. The van der Waals surface area contributed by atoms with E-state index in [-0.39, 0.29) is 5.91 Å². The number of hydrogen-bond donors (Lipinski definition) is 1. The molecule has 4 aromatic rings. The number of aromatic nitrogens is 3. The number of para-hydroxylation sites is 2. The summed E-state index contributed by atoms with van der Waals surface area (Å²) in [5.74, 6) is 0.800. The molecule has 0 bridgehead atoms. The van der Waals surface area contributed by atoms with Crippen molar-refractivity contribution in [2.24, 2.45) is 0 Å². The summed E-state index contributed by atoms with van der Waals surface area (Å²) in [6.07, 6.45) is 3.11. The summed E-state index contributed by atoms with van der Waals surface area (Å²) in [5.41, 5.74) is 3.49. The van der Waals surface area contributed by atoms with Crippen LogP contribution in [0.2, 0.25) is 10.0 Å². The Bertz CT molecular complexity index is 1170. The largest absolute Gasteiger partial charge is 0.351 e. The SMILES string of the molecule is O=C(NCCCc1nc2ccccc2n1Cc1ccc(Cl)c(Cl)c1)c1ccccn1. The van der Waals surface area contributed by atoms with E-state index in [0.29, 0.717) is 28.8 Å². The summed E-state index contributed by atoms with van der Waals surface area (Å²) < 4.78 is 2.19. The molecule has 5 nitrogen and oxygen atoms in total. The van der Waals surface area contributed by atoms with Crippen molar-refractivity contribution in [2.75, 3.05) is 6.54 Å². The molecule has 152 valence electrons. The van der Waals surface area contributed by atoms with E-state index in [9.17, 15) is 4.79 Å². The minimum Gasteiger partial charge on any atom is -0.351 e. The van der Waals surface area contributed by atoms with Crippen LogP contribution in [0, 0.1) is 0 Å². The Kier molecular flexibility index (Phi) is 6.31. The monoisotopic (exact) mass is 438 g/mol. The quantitative estimate of drug-likeness (QED) is 0.405. The molecule has 0 aliphatic rings. The Morgan fingerprint density at radius 1 is 1.00 bits per heavy atom. The highest BCUT2D eigenvalue weighted by molar-refractivity contribution is 6.42. The molecular formula is C23H20Cl2N4O. The number of nitrogens with one attached hydrogen (secondary N) is 1. The Morgan fingerprint density at radius 3 is 2.63 bits per heavy atom. The molecule has 0 unspecified atom stereocenters. The number of fused-ring (bicyclic) bond motifs is 1. The average Bonchev–Trinajstić information content (AvgIpc) is 3.11. The summed E-state index contributed by atoms with van der Waals surface area (Å²) in [5, 5.41) is 4.00. The zero-order chi connectivity index (χ0) is 20.9. The number of carbonyl (C=O) groups excluding carboxylic acids is 1. The van der Waals surface area contributed by atoms with Gasteiger partial charge in [0.15, 0.2) is 0 Å². The molecule has 2 heterocycles. The zero-order valence-electron chi connectivity index (χ0n) is 16.2. The number of carbonyl (C=O) groups is 1. The van der Waals surface area contributed by atoms with Gasteiger partial charge in [0.05, 0.1) is 21.1 Å². The second-order valence-electron chi connectivity index (χ2n) is 6.93. The van der Waals surface area contributed by atoms with E-state index in [1.54, 1.807) is 24.4 Å². The van der Waals surface area contributed by atoms with E-state index in [1.807, 2.05) is 36.4 Å². The molecule has 30 heavy (non-hydrogen) atoms. The van der Waals surface area contributed by atoms with Gasteiger partial charge in [-0.05, 0) is 48.4 Å². The fraction of sp³-hybridized carbons (Fsp3) is 0.174. The van der Waals surface area contributed by atoms with E-state index in [4.69, 9.17) is 28.2 Å². The van der Waals surface area contributed by atoms with Crippen LogP contribution >= 0.6 is 23.2 Å². The average molecular weight is 439 g/mol. The molecule has 0 spiro atoms. The van der Waals surface area contributed by atoms with E-state index in [0.717, 1.165) is 35.3 Å². The third-order valence-corrected chi connectivity index (χ3v) is 5.56. The summed E-state index contributed by atoms with van der Waals surface area (Å²) in [7, 11) is 0. The van der Waals surface area contributed by atoms with E-state index >= 15 is 0 Å². The molecule has 2 aromatic carbocycles. The fourth-order valence-electron chi connectivity index (χ4n) is 3.35. The standard InChI is InChI=1S/C23H20Cl2N4O/c24-17-11-10-16(14-18(17)25)15-29-21-8-2-1-6-19(21)28-22(29)9-5-13-27-23(30)20-7-3-4-12-26-20/h1-4,6-8,10-12,14H,5,9,13,15H2,(H,27,30). The van der Waals surface area contributed by atoms with E-state index < -0.39 is 0 Å².